The van der Waals surface area contributed by atoms with Gasteiger partial charge < -0.3 is 9.47 Å². The maximum absolute atomic E-state index is 11.5. The fourth-order valence-corrected chi connectivity index (χ4v) is 1.42. The Labute approximate surface area is 103 Å². The first-order valence-electron chi connectivity index (χ1n) is 5.93. The molecule has 0 bridgehead atoms. The summed E-state index contributed by atoms with van der Waals surface area (Å²) in [5.41, 5.74) is 2.12. The lowest BCUT2D eigenvalue weighted by atomic mass is 10.0. The van der Waals surface area contributed by atoms with Crippen LogP contribution in [0.4, 0.5) is 0 Å². The third kappa shape index (κ3) is 4.19. The van der Waals surface area contributed by atoms with Crippen LogP contribution >= 0.6 is 0 Å². The van der Waals surface area contributed by atoms with E-state index in [0.717, 1.165) is 11.1 Å². The van der Waals surface area contributed by atoms with Crippen molar-refractivity contribution in [2.24, 2.45) is 0 Å². The van der Waals surface area contributed by atoms with Crippen LogP contribution in [0.1, 0.15) is 37.8 Å². The van der Waals surface area contributed by atoms with Gasteiger partial charge in [-0.05, 0) is 37.0 Å². The summed E-state index contributed by atoms with van der Waals surface area (Å²) in [5.74, 6) is 0.691. The van der Waals surface area contributed by atoms with E-state index in [1.165, 1.54) is 0 Å². The first kappa shape index (κ1) is 13.7. The van der Waals surface area contributed by atoms with Crippen LogP contribution in [0.2, 0.25) is 0 Å². The zero-order chi connectivity index (χ0) is 12.8. The molecule has 0 aliphatic carbocycles. The van der Waals surface area contributed by atoms with Gasteiger partial charge in [-0.1, -0.05) is 26.0 Å². The molecule has 0 unspecified atom stereocenters. The average molecular weight is 236 g/mol. The second-order valence-electron chi connectivity index (χ2n) is 4.29. The first-order valence-corrected chi connectivity index (χ1v) is 5.93. The van der Waals surface area contributed by atoms with Crippen molar-refractivity contribution < 1.29 is 14.3 Å². The van der Waals surface area contributed by atoms with Gasteiger partial charge in [0.1, 0.15) is 12.4 Å². The van der Waals surface area contributed by atoms with Gasteiger partial charge in [-0.25, -0.2) is 4.79 Å². The van der Waals surface area contributed by atoms with E-state index in [1.807, 2.05) is 26.0 Å². The summed E-state index contributed by atoms with van der Waals surface area (Å²) in [4.78, 5) is 11.5. The van der Waals surface area contributed by atoms with Crippen LogP contribution in [-0.2, 0) is 9.53 Å². The second-order valence-corrected chi connectivity index (χ2v) is 4.29. The summed E-state index contributed by atoms with van der Waals surface area (Å²) in [5, 5.41) is 0. The minimum Gasteiger partial charge on any atom is -0.425 e. The molecule has 0 amide bonds. The Kier molecular flexibility index (Phi) is 5.16. The van der Waals surface area contributed by atoms with Crippen molar-refractivity contribution in [3.8, 4) is 5.75 Å². The van der Waals surface area contributed by atoms with E-state index in [9.17, 15) is 4.79 Å². The molecule has 0 atom stereocenters. The van der Waals surface area contributed by atoms with Crippen LogP contribution in [0.15, 0.2) is 18.2 Å². The van der Waals surface area contributed by atoms with Crippen molar-refractivity contribution in [2.45, 2.75) is 33.6 Å². The molecule has 3 heteroatoms. The van der Waals surface area contributed by atoms with Crippen molar-refractivity contribution in [3.63, 3.8) is 0 Å². The molecule has 0 heterocycles. The van der Waals surface area contributed by atoms with Crippen LogP contribution in [0.5, 0.6) is 5.75 Å². The number of carbonyl (C=O) groups excluding carboxylic acids is 1. The molecule has 3 nitrogen and oxygen atoms in total. The Bertz CT molecular complexity index is 383. The molecule has 0 aliphatic rings. The van der Waals surface area contributed by atoms with Crippen LogP contribution in [0.3, 0.4) is 0 Å². The number of esters is 1. The van der Waals surface area contributed by atoms with Gasteiger partial charge in [-0.15, -0.1) is 0 Å². The van der Waals surface area contributed by atoms with Crippen LogP contribution < -0.4 is 4.74 Å². The molecule has 0 aliphatic heterocycles. The smallest absolute Gasteiger partial charge is 0.337 e. The van der Waals surface area contributed by atoms with E-state index in [2.05, 4.69) is 19.9 Å². The van der Waals surface area contributed by atoms with Gasteiger partial charge in [-0.3, -0.25) is 0 Å². The van der Waals surface area contributed by atoms with E-state index >= 15 is 0 Å². The highest BCUT2D eigenvalue weighted by Crippen LogP contribution is 2.24. The van der Waals surface area contributed by atoms with Crippen molar-refractivity contribution >= 4 is 5.97 Å². The molecular formula is C14H20O3. The molecule has 0 radical (unpaired) electrons. The number of hydrogen-bond acceptors (Lipinski definition) is 3. The molecule has 0 spiro atoms. The normalized spacial score (nSPS) is 10.6. The maximum Gasteiger partial charge on any atom is 0.337 e. The predicted molar refractivity (Wildman–Crippen MR) is 67.4 cm³/mol. The highest BCUT2D eigenvalue weighted by atomic mass is 16.6. The van der Waals surface area contributed by atoms with E-state index in [4.69, 9.17) is 9.47 Å². The van der Waals surface area contributed by atoms with Gasteiger partial charge in [0.25, 0.3) is 0 Å². The Morgan fingerprint density at radius 1 is 1.35 bits per heavy atom. The summed E-state index contributed by atoms with van der Waals surface area (Å²) in [7, 11) is 0. The lowest BCUT2D eigenvalue weighted by molar-refractivity contribution is -0.139. The second kappa shape index (κ2) is 6.40. The SMILES string of the molecule is CCOCC(=O)Oc1cc(C(C)C)ccc1C. The predicted octanol–water partition coefficient (Wildman–Crippen LogP) is 3.06. The maximum atomic E-state index is 11.5. The minimum atomic E-state index is -0.351. The number of rotatable bonds is 5. The molecule has 0 N–H and O–H groups in total. The number of carbonyl (C=O) groups is 1. The number of ether oxygens (including phenoxy) is 2. The summed E-state index contributed by atoms with van der Waals surface area (Å²) in [6.45, 7) is 8.50. The van der Waals surface area contributed by atoms with Gasteiger partial charge in [0.15, 0.2) is 0 Å². The molecule has 0 fully saturated rings. The van der Waals surface area contributed by atoms with Crippen LogP contribution in [0, 0.1) is 6.92 Å². The first-order chi connectivity index (χ1) is 8.04. The van der Waals surface area contributed by atoms with Crippen LogP contribution in [0.25, 0.3) is 0 Å². The fraction of sp³-hybridized carbons (Fsp3) is 0.500. The Hall–Kier alpha value is -1.35. The molecule has 0 saturated carbocycles. The summed E-state index contributed by atoms with van der Waals surface area (Å²) in [6.07, 6.45) is 0. The molecule has 0 saturated heterocycles. The highest BCUT2D eigenvalue weighted by Gasteiger charge is 2.09. The number of benzene rings is 1. The topological polar surface area (TPSA) is 35.5 Å². The zero-order valence-corrected chi connectivity index (χ0v) is 10.9. The lowest BCUT2D eigenvalue weighted by Gasteiger charge is -2.11. The zero-order valence-electron chi connectivity index (χ0n) is 10.9. The molecule has 1 rings (SSSR count). The molecule has 1 aromatic rings. The number of aryl methyl sites for hydroxylation is 1. The summed E-state index contributed by atoms with van der Waals surface area (Å²) in [6, 6.07) is 5.95. The quantitative estimate of drug-likeness (QED) is 0.582. The van der Waals surface area contributed by atoms with Crippen molar-refractivity contribution in [1.29, 1.82) is 0 Å². The molecule has 0 aromatic heterocycles. The Balaban J connectivity index is 2.75. The monoisotopic (exact) mass is 236 g/mol. The third-order valence-corrected chi connectivity index (χ3v) is 2.53. The average Bonchev–Trinajstić information content (AvgIpc) is 2.29. The van der Waals surface area contributed by atoms with Crippen molar-refractivity contribution in [1.82, 2.24) is 0 Å². The number of hydrogen-bond donors (Lipinski definition) is 0. The lowest BCUT2D eigenvalue weighted by Crippen LogP contribution is -2.16. The minimum absolute atomic E-state index is 0.00183. The standard InChI is InChI=1S/C14H20O3/c1-5-16-9-14(15)17-13-8-12(10(2)3)7-6-11(13)4/h6-8,10H,5,9H2,1-4H3. The Morgan fingerprint density at radius 2 is 2.06 bits per heavy atom. The summed E-state index contributed by atoms with van der Waals surface area (Å²) < 4.78 is 10.3. The van der Waals surface area contributed by atoms with E-state index in [-0.39, 0.29) is 12.6 Å². The van der Waals surface area contributed by atoms with E-state index in [1.54, 1.807) is 0 Å². The van der Waals surface area contributed by atoms with Gasteiger partial charge in [0.2, 0.25) is 0 Å². The molecule has 94 valence electrons. The van der Waals surface area contributed by atoms with Gasteiger partial charge in [-0.2, -0.15) is 0 Å². The van der Waals surface area contributed by atoms with Crippen molar-refractivity contribution in [2.75, 3.05) is 13.2 Å². The fourth-order valence-electron chi connectivity index (χ4n) is 1.42. The van der Waals surface area contributed by atoms with Gasteiger partial charge >= 0.3 is 5.97 Å². The van der Waals surface area contributed by atoms with E-state index < -0.39 is 0 Å². The van der Waals surface area contributed by atoms with Crippen LogP contribution in [-0.4, -0.2) is 19.2 Å². The molecule has 1 aromatic carbocycles. The van der Waals surface area contributed by atoms with E-state index in [0.29, 0.717) is 18.3 Å². The summed E-state index contributed by atoms with van der Waals surface area (Å²) >= 11 is 0. The Morgan fingerprint density at radius 3 is 2.65 bits per heavy atom. The molecular weight excluding hydrogens is 216 g/mol. The van der Waals surface area contributed by atoms with Gasteiger partial charge in [0, 0.05) is 6.61 Å². The highest BCUT2D eigenvalue weighted by molar-refractivity contribution is 5.74. The van der Waals surface area contributed by atoms with Gasteiger partial charge in [0.05, 0.1) is 0 Å². The van der Waals surface area contributed by atoms with Crippen molar-refractivity contribution in [3.05, 3.63) is 29.3 Å². The molecule has 17 heavy (non-hydrogen) atoms. The largest absolute Gasteiger partial charge is 0.425 e. The third-order valence-electron chi connectivity index (χ3n) is 2.53.